The lowest BCUT2D eigenvalue weighted by atomic mass is 10.5. The van der Waals surface area contributed by atoms with Gasteiger partial charge in [-0.3, -0.25) is 4.90 Å². The zero-order chi connectivity index (χ0) is 8.43. The first-order valence-electron chi connectivity index (χ1n) is 3.07. The number of nitrogens with two attached hydrogens (primary N) is 1. The fourth-order valence-electron chi connectivity index (χ4n) is 0.617. The molecular weight excluding hydrogens is 162 g/mol. The van der Waals surface area contributed by atoms with Crippen molar-refractivity contribution in [1.82, 2.24) is 4.37 Å². The van der Waals surface area contributed by atoms with Gasteiger partial charge in [0.25, 0.3) is 0 Å². The van der Waals surface area contributed by atoms with E-state index in [0.717, 1.165) is 10.7 Å². The van der Waals surface area contributed by atoms with E-state index in [1.54, 1.807) is 7.05 Å². The Morgan fingerprint density at radius 2 is 2.45 bits per heavy atom. The van der Waals surface area contributed by atoms with Gasteiger partial charge in [-0.2, -0.15) is 4.37 Å². The molecule has 0 aliphatic heterocycles. The Hall–Kier alpha value is -1.10. The third-order valence-electron chi connectivity index (χ3n) is 1.28. The number of amides is 2. The number of carbonyl (C=O) groups is 1. The molecule has 0 aliphatic carbocycles. The summed E-state index contributed by atoms with van der Waals surface area (Å²) in [6, 6.07) is 1.35. The highest BCUT2D eigenvalue weighted by atomic mass is 32.1. The fraction of sp³-hybridized carbons (Fsp3) is 0.333. The minimum Gasteiger partial charge on any atom is -0.351 e. The van der Waals surface area contributed by atoms with Gasteiger partial charge in [0.2, 0.25) is 0 Å². The van der Waals surface area contributed by atoms with Crippen LogP contribution >= 0.6 is 11.5 Å². The van der Waals surface area contributed by atoms with Crippen LogP contribution in [-0.2, 0) is 0 Å². The second-order valence-electron chi connectivity index (χ2n) is 2.20. The maximum Gasteiger partial charge on any atom is 0.319 e. The molecule has 0 aliphatic rings. The summed E-state index contributed by atoms with van der Waals surface area (Å²) in [5, 5.41) is 0.773. The Morgan fingerprint density at radius 1 is 1.82 bits per heavy atom. The molecule has 1 aromatic rings. The van der Waals surface area contributed by atoms with Crippen LogP contribution in [0.5, 0.6) is 0 Å². The van der Waals surface area contributed by atoms with E-state index in [-0.39, 0.29) is 0 Å². The van der Waals surface area contributed by atoms with E-state index in [0.29, 0.717) is 0 Å². The predicted octanol–water partition coefficient (Wildman–Crippen LogP) is 0.966. The molecule has 1 rings (SSSR count). The molecular formula is C6H9N3OS. The van der Waals surface area contributed by atoms with Gasteiger partial charge in [0.1, 0.15) is 5.00 Å². The summed E-state index contributed by atoms with van der Waals surface area (Å²) >= 11 is 1.26. The predicted molar refractivity (Wildman–Crippen MR) is 44.8 cm³/mol. The van der Waals surface area contributed by atoms with Gasteiger partial charge >= 0.3 is 6.03 Å². The Labute approximate surface area is 68.8 Å². The molecule has 0 fully saturated rings. The lowest BCUT2D eigenvalue weighted by molar-refractivity contribution is 0.255. The molecule has 4 nitrogen and oxygen atoms in total. The maximum absolute atomic E-state index is 10.6. The lowest BCUT2D eigenvalue weighted by Gasteiger charge is -2.08. The van der Waals surface area contributed by atoms with Crippen molar-refractivity contribution in [1.29, 1.82) is 0 Å². The van der Waals surface area contributed by atoms with Gasteiger partial charge < -0.3 is 5.73 Å². The standard InChI is InChI=1S/C6H9N3OS/c1-4-3-5(11-8-4)9(2)6(7)10/h3H,1-2H3,(H2,7,10). The highest BCUT2D eigenvalue weighted by Crippen LogP contribution is 2.18. The SMILES string of the molecule is Cc1cc(N(C)C(N)=O)sn1. The minimum atomic E-state index is -0.464. The van der Waals surface area contributed by atoms with Crippen LogP contribution in [0.3, 0.4) is 0 Å². The molecule has 0 bridgehead atoms. The van der Waals surface area contributed by atoms with Gasteiger partial charge in [-0.1, -0.05) is 0 Å². The topological polar surface area (TPSA) is 59.2 Å². The van der Waals surface area contributed by atoms with Gasteiger partial charge in [-0.05, 0) is 24.5 Å². The first-order valence-corrected chi connectivity index (χ1v) is 3.85. The average Bonchev–Trinajstić information content (AvgIpc) is 2.34. The van der Waals surface area contributed by atoms with Crippen LogP contribution < -0.4 is 10.6 Å². The first kappa shape index (κ1) is 8.00. The number of urea groups is 1. The quantitative estimate of drug-likeness (QED) is 0.684. The molecule has 0 radical (unpaired) electrons. The number of aromatic nitrogens is 1. The second-order valence-corrected chi connectivity index (χ2v) is 2.99. The van der Waals surface area contributed by atoms with Crippen molar-refractivity contribution in [3.05, 3.63) is 11.8 Å². The molecule has 0 spiro atoms. The van der Waals surface area contributed by atoms with Crippen molar-refractivity contribution in [3.8, 4) is 0 Å². The minimum absolute atomic E-state index is 0.464. The van der Waals surface area contributed by atoms with Crippen molar-refractivity contribution < 1.29 is 4.79 Å². The first-order chi connectivity index (χ1) is 5.11. The number of rotatable bonds is 1. The number of carbonyl (C=O) groups excluding carboxylic acids is 1. The smallest absolute Gasteiger partial charge is 0.319 e. The van der Waals surface area contributed by atoms with Gasteiger partial charge in [-0.15, -0.1) is 0 Å². The van der Waals surface area contributed by atoms with Gasteiger partial charge in [0.15, 0.2) is 0 Å². The second kappa shape index (κ2) is 2.87. The molecule has 5 heteroatoms. The van der Waals surface area contributed by atoms with Crippen LogP contribution in [0.25, 0.3) is 0 Å². The molecule has 60 valence electrons. The number of hydrogen-bond acceptors (Lipinski definition) is 3. The third kappa shape index (κ3) is 1.68. The molecule has 1 heterocycles. The van der Waals surface area contributed by atoms with Crippen LogP contribution in [0.2, 0.25) is 0 Å². The summed E-state index contributed by atoms with van der Waals surface area (Å²) in [4.78, 5) is 12.0. The summed E-state index contributed by atoms with van der Waals surface area (Å²) in [5.41, 5.74) is 5.94. The molecule has 2 N–H and O–H groups in total. The van der Waals surface area contributed by atoms with E-state index in [1.165, 1.54) is 16.4 Å². The summed E-state index contributed by atoms with van der Waals surface area (Å²) in [6.07, 6.45) is 0. The van der Waals surface area contributed by atoms with E-state index in [2.05, 4.69) is 4.37 Å². The van der Waals surface area contributed by atoms with Crippen LogP contribution in [0.1, 0.15) is 5.69 Å². The van der Waals surface area contributed by atoms with Crippen molar-refractivity contribution in [3.63, 3.8) is 0 Å². The molecule has 2 amide bonds. The Kier molecular flexibility index (Phi) is 2.09. The van der Waals surface area contributed by atoms with Crippen molar-refractivity contribution in [2.45, 2.75) is 6.92 Å². The van der Waals surface area contributed by atoms with Crippen molar-refractivity contribution in [2.75, 3.05) is 11.9 Å². The highest BCUT2D eigenvalue weighted by molar-refractivity contribution is 7.10. The Bertz CT molecular complexity index is 271. The third-order valence-corrected chi connectivity index (χ3v) is 2.23. The van der Waals surface area contributed by atoms with Crippen molar-refractivity contribution in [2.24, 2.45) is 5.73 Å². The van der Waals surface area contributed by atoms with Crippen LogP contribution in [0.4, 0.5) is 9.80 Å². The number of nitrogens with zero attached hydrogens (tertiary/aromatic N) is 2. The molecule has 0 atom stereocenters. The fourth-order valence-corrected chi connectivity index (χ4v) is 1.34. The number of primary amides is 1. The van der Waals surface area contributed by atoms with E-state index in [1.807, 2.05) is 13.0 Å². The summed E-state index contributed by atoms with van der Waals surface area (Å²) in [5.74, 6) is 0. The summed E-state index contributed by atoms with van der Waals surface area (Å²) < 4.78 is 4.01. The molecule has 1 aromatic heterocycles. The average molecular weight is 171 g/mol. The van der Waals surface area contributed by atoms with Crippen LogP contribution in [0, 0.1) is 6.92 Å². The maximum atomic E-state index is 10.6. The van der Waals surface area contributed by atoms with Gasteiger partial charge in [0.05, 0.1) is 5.69 Å². The zero-order valence-electron chi connectivity index (χ0n) is 6.37. The van der Waals surface area contributed by atoms with E-state index in [9.17, 15) is 4.79 Å². The summed E-state index contributed by atoms with van der Waals surface area (Å²) in [6.45, 7) is 1.87. The van der Waals surface area contributed by atoms with E-state index < -0.39 is 6.03 Å². The number of anilines is 1. The summed E-state index contributed by atoms with van der Waals surface area (Å²) in [7, 11) is 1.62. The van der Waals surface area contributed by atoms with Crippen LogP contribution in [0.15, 0.2) is 6.07 Å². The molecule has 11 heavy (non-hydrogen) atoms. The van der Waals surface area contributed by atoms with E-state index in [4.69, 9.17) is 5.73 Å². The van der Waals surface area contributed by atoms with Gasteiger partial charge in [0, 0.05) is 7.05 Å². The normalized spacial score (nSPS) is 9.64. The Balaban J connectivity index is 2.84. The van der Waals surface area contributed by atoms with E-state index >= 15 is 0 Å². The van der Waals surface area contributed by atoms with Crippen LogP contribution in [-0.4, -0.2) is 17.5 Å². The number of hydrogen-bond donors (Lipinski definition) is 1. The molecule has 0 aromatic carbocycles. The highest BCUT2D eigenvalue weighted by Gasteiger charge is 2.08. The molecule has 0 unspecified atom stereocenters. The van der Waals surface area contributed by atoms with Gasteiger partial charge in [-0.25, -0.2) is 4.79 Å². The lowest BCUT2D eigenvalue weighted by Crippen LogP contribution is -2.30. The largest absolute Gasteiger partial charge is 0.351 e. The Morgan fingerprint density at radius 3 is 2.82 bits per heavy atom. The van der Waals surface area contributed by atoms with Crippen molar-refractivity contribution >= 4 is 22.6 Å². The number of aryl methyl sites for hydroxylation is 1. The zero-order valence-corrected chi connectivity index (χ0v) is 7.18. The monoisotopic (exact) mass is 171 g/mol. The molecule has 0 saturated heterocycles. The molecule has 0 saturated carbocycles.